The van der Waals surface area contributed by atoms with Gasteiger partial charge in [0.2, 0.25) is 0 Å². The molecule has 2 heterocycles. The van der Waals surface area contributed by atoms with Gasteiger partial charge in [0.15, 0.2) is 11.0 Å². The largest absolute Gasteiger partial charge is 0.302 e. The summed E-state index contributed by atoms with van der Waals surface area (Å²) in [5, 5.41) is 13.3. The fourth-order valence-electron chi connectivity index (χ4n) is 2.45. The molecular weight excluding hydrogens is 378 g/mol. The van der Waals surface area contributed by atoms with E-state index in [1.54, 1.807) is 17.6 Å². The van der Waals surface area contributed by atoms with Gasteiger partial charge in [0, 0.05) is 21.9 Å². The summed E-state index contributed by atoms with van der Waals surface area (Å²) in [4.78, 5) is 14.2. The van der Waals surface area contributed by atoms with Crippen LogP contribution in [0.3, 0.4) is 0 Å². The minimum Gasteiger partial charge on any atom is -0.302 e. The van der Waals surface area contributed by atoms with Crippen molar-refractivity contribution in [2.75, 3.05) is 5.75 Å². The van der Waals surface area contributed by atoms with Crippen molar-refractivity contribution in [3.05, 3.63) is 51.7 Å². The Morgan fingerprint density at radius 3 is 2.67 bits per heavy atom. The molecule has 6 nitrogen and oxygen atoms in total. The molecule has 0 bridgehead atoms. The standard InChI is InChI=1S/C19H21N5OS2/c1-4-24-18(15-8-5-13(2)6-9-15)22-23-19(24)26-12-17(25)21-20-11-16-10-7-14(3)27-16/h5-11H,4,12H2,1-3H3,(H,21,25). The van der Waals surface area contributed by atoms with Gasteiger partial charge in [-0.25, -0.2) is 5.43 Å². The zero-order valence-electron chi connectivity index (χ0n) is 15.5. The molecular formula is C19H21N5OS2. The molecule has 1 amide bonds. The molecule has 1 aromatic carbocycles. The molecule has 0 saturated carbocycles. The molecule has 2 aromatic heterocycles. The van der Waals surface area contributed by atoms with E-state index in [4.69, 9.17) is 0 Å². The number of rotatable bonds is 7. The Kier molecular flexibility index (Phi) is 6.41. The van der Waals surface area contributed by atoms with E-state index < -0.39 is 0 Å². The van der Waals surface area contributed by atoms with E-state index >= 15 is 0 Å². The second-order valence-electron chi connectivity index (χ2n) is 5.95. The highest BCUT2D eigenvalue weighted by atomic mass is 32.2. The van der Waals surface area contributed by atoms with Gasteiger partial charge in [0.05, 0.1) is 12.0 Å². The SMILES string of the molecule is CCn1c(SCC(=O)NN=Cc2ccc(C)s2)nnc1-c1ccc(C)cc1. The minimum absolute atomic E-state index is 0.174. The van der Waals surface area contributed by atoms with Crippen LogP contribution in [-0.2, 0) is 11.3 Å². The van der Waals surface area contributed by atoms with Crippen LogP contribution in [0, 0.1) is 13.8 Å². The van der Waals surface area contributed by atoms with Crippen LogP contribution in [0.5, 0.6) is 0 Å². The second-order valence-corrected chi connectivity index (χ2v) is 8.21. The van der Waals surface area contributed by atoms with Gasteiger partial charge < -0.3 is 4.57 Å². The Hall–Kier alpha value is -2.45. The third-order valence-corrected chi connectivity index (χ3v) is 5.72. The molecule has 0 fully saturated rings. The van der Waals surface area contributed by atoms with Crippen LogP contribution < -0.4 is 5.43 Å². The van der Waals surface area contributed by atoms with Gasteiger partial charge in [-0.1, -0.05) is 41.6 Å². The number of carbonyl (C=O) groups excluding carboxylic acids is 1. The monoisotopic (exact) mass is 399 g/mol. The Balaban J connectivity index is 1.59. The van der Waals surface area contributed by atoms with Crippen molar-refractivity contribution in [2.45, 2.75) is 32.5 Å². The maximum atomic E-state index is 12.0. The molecule has 3 aromatic rings. The van der Waals surface area contributed by atoms with E-state index in [1.807, 2.05) is 42.7 Å². The molecule has 0 radical (unpaired) electrons. The third-order valence-electron chi connectivity index (χ3n) is 3.82. The number of carbonyl (C=O) groups is 1. The molecule has 0 saturated heterocycles. The van der Waals surface area contributed by atoms with Crippen molar-refractivity contribution >= 4 is 35.2 Å². The number of amides is 1. The molecule has 140 valence electrons. The van der Waals surface area contributed by atoms with E-state index in [-0.39, 0.29) is 11.7 Å². The molecule has 0 aliphatic carbocycles. The van der Waals surface area contributed by atoms with Gasteiger partial charge in [-0.15, -0.1) is 21.5 Å². The quantitative estimate of drug-likeness (QED) is 0.372. The van der Waals surface area contributed by atoms with Gasteiger partial charge in [0.1, 0.15) is 0 Å². The zero-order chi connectivity index (χ0) is 19.2. The molecule has 0 unspecified atom stereocenters. The minimum atomic E-state index is -0.174. The number of aromatic nitrogens is 3. The third kappa shape index (κ3) is 5.05. The van der Waals surface area contributed by atoms with Gasteiger partial charge in [-0.3, -0.25) is 4.79 Å². The van der Waals surface area contributed by atoms with E-state index in [9.17, 15) is 4.79 Å². The number of hydrazone groups is 1. The number of nitrogens with zero attached hydrogens (tertiary/aromatic N) is 4. The number of hydrogen-bond donors (Lipinski definition) is 1. The van der Waals surface area contributed by atoms with Crippen molar-refractivity contribution in [1.29, 1.82) is 0 Å². The Morgan fingerprint density at radius 1 is 1.22 bits per heavy atom. The van der Waals surface area contributed by atoms with Crippen LogP contribution in [0.4, 0.5) is 0 Å². The highest BCUT2D eigenvalue weighted by Gasteiger charge is 2.14. The van der Waals surface area contributed by atoms with Crippen LogP contribution in [0.1, 0.15) is 22.2 Å². The predicted molar refractivity (Wildman–Crippen MR) is 111 cm³/mol. The summed E-state index contributed by atoms with van der Waals surface area (Å²) < 4.78 is 2.01. The van der Waals surface area contributed by atoms with Crippen molar-refractivity contribution in [2.24, 2.45) is 5.10 Å². The first-order chi connectivity index (χ1) is 13.1. The average Bonchev–Trinajstić information content (AvgIpc) is 3.26. The average molecular weight is 400 g/mol. The zero-order valence-corrected chi connectivity index (χ0v) is 17.1. The molecule has 27 heavy (non-hydrogen) atoms. The number of benzene rings is 1. The van der Waals surface area contributed by atoms with Gasteiger partial charge in [-0.05, 0) is 32.9 Å². The summed E-state index contributed by atoms with van der Waals surface area (Å²) in [6.07, 6.45) is 1.66. The lowest BCUT2D eigenvalue weighted by Crippen LogP contribution is -2.19. The maximum absolute atomic E-state index is 12.0. The molecule has 8 heteroatoms. The van der Waals surface area contributed by atoms with Crippen molar-refractivity contribution in [3.63, 3.8) is 0 Å². The number of thiophene rings is 1. The smallest absolute Gasteiger partial charge is 0.250 e. The fourth-order valence-corrected chi connectivity index (χ4v) is 3.99. The van der Waals surface area contributed by atoms with E-state index in [1.165, 1.54) is 22.2 Å². The highest BCUT2D eigenvalue weighted by molar-refractivity contribution is 7.99. The normalized spacial score (nSPS) is 11.2. The molecule has 3 rings (SSSR count). The van der Waals surface area contributed by atoms with Crippen molar-refractivity contribution in [1.82, 2.24) is 20.2 Å². The number of hydrogen-bond acceptors (Lipinski definition) is 6. The Morgan fingerprint density at radius 2 is 2.00 bits per heavy atom. The van der Waals surface area contributed by atoms with Gasteiger partial charge in [0.25, 0.3) is 5.91 Å². The predicted octanol–water partition coefficient (Wildman–Crippen LogP) is 3.89. The van der Waals surface area contributed by atoms with E-state index in [0.29, 0.717) is 0 Å². The second kappa shape index (κ2) is 8.96. The molecule has 1 N–H and O–H groups in total. The first kappa shape index (κ1) is 19.3. The van der Waals surface area contributed by atoms with E-state index in [2.05, 4.69) is 39.8 Å². The molecule has 0 spiro atoms. The summed E-state index contributed by atoms with van der Waals surface area (Å²) in [6.45, 7) is 6.86. The number of thioether (sulfide) groups is 1. The van der Waals surface area contributed by atoms with Gasteiger partial charge in [-0.2, -0.15) is 5.10 Å². The summed E-state index contributed by atoms with van der Waals surface area (Å²) in [6, 6.07) is 12.2. The summed E-state index contributed by atoms with van der Waals surface area (Å²) in [5.74, 6) is 0.867. The number of aryl methyl sites for hydroxylation is 2. The van der Waals surface area contributed by atoms with Crippen LogP contribution in [0.15, 0.2) is 46.7 Å². The molecule has 0 aliphatic rings. The maximum Gasteiger partial charge on any atom is 0.250 e. The van der Waals surface area contributed by atoms with Crippen LogP contribution >= 0.6 is 23.1 Å². The van der Waals surface area contributed by atoms with Crippen LogP contribution in [-0.4, -0.2) is 32.6 Å². The summed E-state index contributed by atoms with van der Waals surface area (Å²) >= 11 is 2.98. The van der Waals surface area contributed by atoms with E-state index in [0.717, 1.165) is 28.0 Å². The first-order valence-corrected chi connectivity index (χ1v) is 10.4. The Bertz CT molecular complexity index is 943. The van der Waals surface area contributed by atoms with Crippen molar-refractivity contribution < 1.29 is 4.79 Å². The number of nitrogens with one attached hydrogen (secondary N) is 1. The highest BCUT2D eigenvalue weighted by Crippen LogP contribution is 2.24. The summed E-state index contributed by atoms with van der Waals surface area (Å²) in [7, 11) is 0. The molecule has 0 aliphatic heterocycles. The molecule has 0 atom stereocenters. The topological polar surface area (TPSA) is 72.2 Å². The lowest BCUT2D eigenvalue weighted by molar-refractivity contribution is -0.118. The lowest BCUT2D eigenvalue weighted by atomic mass is 10.1. The van der Waals surface area contributed by atoms with Crippen LogP contribution in [0.2, 0.25) is 0 Å². The Labute approximate surface area is 166 Å². The van der Waals surface area contributed by atoms with Crippen molar-refractivity contribution in [3.8, 4) is 11.4 Å². The van der Waals surface area contributed by atoms with Gasteiger partial charge >= 0.3 is 0 Å². The summed E-state index contributed by atoms with van der Waals surface area (Å²) in [5.41, 5.74) is 4.77. The first-order valence-electron chi connectivity index (χ1n) is 8.58. The fraction of sp³-hybridized carbons (Fsp3) is 0.263. The lowest BCUT2D eigenvalue weighted by Gasteiger charge is -2.07. The van der Waals surface area contributed by atoms with Crippen LogP contribution in [0.25, 0.3) is 11.4 Å².